The molecule has 0 saturated heterocycles. The average Bonchev–Trinajstić information content (AvgIpc) is 2.44. The minimum absolute atomic E-state index is 0.0771. The molecular weight excluding hydrogens is 258 g/mol. The third-order valence-corrected chi connectivity index (χ3v) is 2.70. The lowest BCUT2D eigenvalue weighted by Crippen LogP contribution is -2.31. The highest BCUT2D eigenvalue weighted by Gasteiger charge is 2.14. The Morgan fingerprint density at radius 3 is 2.65 bits per heavy atom. The third kappa shape index (κ3) is 4.46. The maximum Gasteiger partial charge on any atom is 0.255 e. The van der Waals surface area contributed by atoms with E-state index in [4.69, 9.17) is 10.5 Å². The molecule has 0 aliphatic heterocycles. The van der Waals surface area contributed by atoms with Crippen molar-refractivity contribution < 1.29 is 14.3 Å². The Bertz CT molecular complexity index is 475. The number of nitrogen functional groups attached to an aromatic ring is 1. The largest absolute Gasteiger partial charge is 0.494 e. The minimum atomic E-state index is -0.308. The van der Waals surface area contributed by atoms with Crippen molar-refractivity contribution in [3.05, 3.63) is 23.8 Å². The van der Waals surface area contributed by atoms with Gasteiger partial charge in [0, 0.05) is 19.5 Å². The van der Waals surface area contributed by atoms with Gasteiger partial charge in [0.2, 0.25) is 5.91 Å². The quantitative estimate of drug-likeness (QED) is 0.647. The molecule has 0 unspecified atom stereocenters. The van der Waals surface area contributed by atoms with E-state index in [1.807, 2.05) is 6.92 Å². The van der Waals surface area contributed by atoms with Crippen LogP contribution in [0.3, 0.4) is 0 Å². The monoisotopic (exact) mass is 279 g/mol. The molecule has 6 nitrogen and oxygen atoms in total. The zero-order valence-electron chi connectivity index (χ0n) is 11.9. The predicted octanol–water partition coefficient (Wildman–Crippen LogP) is 0.923. The molecule has 0 atom stereocenters. The van der Waals surface area contributed by atoms with Gasteiger partial charge < -0.3 is 21.1 Å². The van der Waals surface area contributed by atoms with Gasteiger partial charge in [-0.2, -0.15) is 0 Å². The zero-order valence-corrected chi connectivity index (χ0v) is 11.9. The Morgan fingerprint density at radius 2 is 2.00 bits per heavy atom. The lowest BCUT2D eigenvalue weighted by molar-refractivity contribution is -0.120. The van der Waals surface area contributed by atoms with Gasteiger partial charge in [-0.25, -0.2) is 0 Å². The Kier molecular flexibility index (Phi) is 6.36. The smallest absolute Gasteiger partial charge is 0.255 e. The number of hydrogen-bond donors (Lipinski definition) is 3. The summed E-state index contributed by atoms with van der Waals surface area (Å²) in [6, 6.07) is 4.97. The number of carbonyl (C=O) groups excluding carboxylic acids is 2. The fraction of sp³-hybridized carbons (Fsp3) is 0.429. The summed E-state index contributed by atoms with van der Waals surface area (Å²) < 4.78 is 5.11. The van der Waals surface area contributed by atoms with Gasteiger partial charge >= 0.3 is 0 Å². The molecule has 0 fully saturated rings. The van der Waals surface area contributed by atoms with Crippen molar-refractivity contribution in [1.82, 2.24) is 10.6 Å². The minimum Gasteiger partial charge on any atom is -0.494 e. The molecule has 0 radical (unpaired) electrons. The summed E-state index contributed by atoms with van der Waals surface area (Å²) in [6.07, 6.45) is 1.13. The summed E-state index contributed by atoms with van der Waals surface area (Å²) in [7, 11) is 1.46. The van der Waals surface area contributed by atoms with Gasteiger partial charge in [0.15, 0.2) is 5.75 Å². The van der Waals surface area contributed by atoms with Crippen molar-refractivity contribution in [2.24, 2.45) is 0 Å². The molecule has 0 aromatic heterocycles. The molecule has 110 valence electrons. The fourth-order valence-corrected chi connectivity index (χ4v) is 1.70. The van der Waals surface area contributed by atoms with Crippen LogP contribution in [0.4, 0.5) is 5.69 Å². The summed E-state index contributed by atoms with van der Waals surface area (Å²) in [5.74, 6) is -0.0374. The van der Waals surface area contributed by atoms with Crippen LogP contribution in [0.2, 0.25) is 0 Å². The summed E-state index contributed by atoms with van der Waals surface area (Å²) in [6.45, 7) is 2.90. The highest BCUT2D eigenvalue weighted by atomic mass is 16.5. The molecule has 20 heavy (non-hydrogen) atoms. The molecule has 0 heterocycles. The SMILES string of the molecule is CCCNC(=O)CCNC(=O)c1cccc(N)c1OC. The van der Waals surface area contributed by atoms with Gasteiger partial charge in [0.1, 0.15) is 0 Å². The first-order valence-corrected chi connectivity index (χ1v) is 6.57. The number of benzene rings is 1. The van der Waals surface area contributed by atoms with Crippen LogP contribution in [0.1, 0.15) is 30.1 Å². The second-order valence-electron chi connectivity index (χ2n) is 4.28. The summed E-state index contributed by atoms with van der Waals surface area (Å²) >= 11 is 0. The number of ether oxygens (including phenoxy) is 1. The summed E-state index contributed by atoms with van der Waals surface area (Å²) in [5, 5.41) is 5.42. The maximum absolute atomic E-state index is 12.0. The van der Waals surface area contributed by atoms with E-state index in [-0.39, 0.29) is 24.8 Å². The van der Waals surface area contributed by atoms with E-state index in [2.05, 4.69) is 10.6 Å². The molecule has 1 rings (SSSR count). The van der Waals surface area contributed by atoms with Crippen LogP contribution in [-0.2, 0) is 4.79 Å². The molecule has 0 aliphatic carbocycles. The number of nitrogens with two attached hydrogens (primary N) is 1. The zero-order chi connectivity index (χ0) is 15.0. The van der Waals surface area contributed by atoms with Gasteiger partial charge in [-0.15, -0.1) is 0 Å². The van der Waals surface area contributed by atoms with Crippen molar-refractivity contribution in [1.29, 1.82) is 0 Å². The van der Waals surface area contributed by atoms with Crippen molar-refractivity contribution in [3.63, 3.8) is 0 Å². The van der Waals surface area contributed by atoms with Crippen LogP contribution < -0.4 is 21.1 Å². The number of nitrogens with one attached hydrogen (secondary N) is 2. The molecule has 0 saturated carbocycles. The second kappa shape index (κ2) is 8.04. The van der Waals surface area contributed by atoms with Gasteiger partial charge in [0.25, 0.3) is 5.91 Å². The highest BCUT2D eigenvalue weighted by Crippen LogP contribution is 2.25. The second-order valence-corrected chi connectivity index (χ2v) is 4.28. The molecule has 1 aromatic carbocycles. The van der Waals surface area contributed by atoms with Crippen LogP contribution in [0.25, 0.3) is 0 Å². The van der Waals surface area contributed by atoms with E-state index in [0.717, 1.165) is 6.42 Å². The average molecular weight is 279 g/mol. The van der Waals surface area contributed by atoms with Crippen LogP contribution >= 0.6 is 0 Å². The van der Waals surface area contributed by atoms with Gasteiger partial charge in [0.05, 0.1) is 18.4 Å². The lowest BCUT2D eigenvalue weighted by Gasteiger charge is -2.11. The van der Waals surface area contributed by atoms with Crippen LogP contribution in [0.5, 0.6) is 5.75 Å². The number of amides is 2. The molecule has 1 aromatic rings. The third-order valence-electron chi connectivity index (χ3n) is 2.70. The van der Waals surface area contributed by atoms with E-state index in [0.29, 0.717) is 23.5 Å². The molecule has 6 heteroatoms. The van der Waals surface area contributed by atoms with Crippen molar-refractivity contribution in [2.45, 2.75) is 19.8 Å². The Balaban J connectivity index is 2.51. The van der Waals surface area contributed by atoms with Crippen LogP contribution in [-0.4, -0.2) is 32.0 Å². The Labute approximate surface area is 118 Å². The van der Waals surface area contributed by atoms with E-state index in [1.165, 1.54) is 7.11 Å². The molecular formula is C14H21N3O3. The molecule has 2 amide bonds. The number of hydrogen-bond acceptors (Lipinski definition) is 4. The van der Waals surface area contributed by atoms with Crippen LogP contribution in [0.15, 0.2) is 18.2 Å². The first-order chi connectivity index (χ1) is 9.60. The predicted molar refractivity (Wildman–Crippen MR) is 77.7 cm³/mol. The van der Waals surface area contributed by atoms with Crippen molar-refractivity contribution >= 4 is 17.5 Å². The summed E-state index contributed by atoms with van der Waals surface area (Å²) in [4.78, 5) is 23.4. The lowest BCUT2D eigenvalue weighted by atomic mass is 10.1. The van der Waals surface area contributed by atoms with Gasteiger partial charge in [-0.1, -0.05) is 13.0 Å². The van der Waals surface area contributed by atoms with E-state index in [9.17, 15) is 9.59 Å². The normalized spacial score (nSPS) is 9.90. The maximum atomic E-state index is 12.0. The van der Waals surface area contributed by atoms with Gasteiger partial charge in [-0.3, -0.25) is 9.59 Å². The Hall–Kier alpha value is -2.24. The van der Waals surface area contributed by atoms with Crippen molar-refractivity contribution in [2.75, 3.05) is 25.9 Å². The number of methoxy groups -OCH3 is 1. The van der Waals surface area contributed by atoms with E-state index < -0.39 is 0 Å². The molecule has 4 N–H and O–H groups in total. The molecule has 0 spiro atoms. The van der Waals surface area contributed by atoms with E-state index in [1.54, 1.807) is 18.2 Å². The first-order valence-electron chi connectivity index (χ1n) is 6.57. The highest BCUT2D eigenvalue weighted by molar-refractivity contribution is 5.98. The number of carbonyl (C=O) groups is 2. The van der Waals surface area contributed by atoms with E-state index >= 15 is 0 Å². The van der Waals surface area contributed by atoms with Crippen LogP contribution in [0, 0.1) is 0 Å². The summed E-state index contributed by atoms with van der Waals surface area (Å²) in [5.41, 5.74) is 6.50. The Morgan fingerprint density at radius 1 is 1.25 bits per heavy atom. The topological polar surface area (TPSA) is 93.5 Å². The number of anilines is 1. The van der Waals surface area contributed by atoms with Gasteiger partial charge in [-0.05, 0) is 18.6 Å². The number of para-hydroxylation sites is 1. The molecule has 0 aliphatic rings. The standard InChI is InChI=1S/C14H21N3O3/c1-3-8-16-12(18)7-9-17-14(19)10-5-4-6-11(15)13(10)20-2/h4-6H,3,7-9,15H2,1-2H3,(H,16,18)(H,17,19). The fourth-order valence-electron chi connectivity index (χ4n) is 1.70. The first kappa shape index (κ1) is 15.8. The molecule has 0 bridgehead atoms. The number of rotatable bonds is 7. The van der Waals surface area contributed by atoms with Crippen molar-refractivity contribution in [3.8, 4) is 5.75 Å².